The third kappa shape index (κ3) is 3.32. The summed E-state index contributed by atoms with van der Waals surface area (Å²) in [5.41, 5.74) is 1.58. The third-order valence-electron chi connectivity index (χ3n) is 3.23. The molecule has 2 aromatic carbocycles. The van der Waals surface area contributed by atoms with E-state index in [9.17, 15) is 9.59 Å². The first-order valence-corrected chi connectivity index (χ1v) is 7.08. The largest absolute Gasteiger partial charge is 0.452 e. The van der Waals surface area contributed by atoms with E-state index in [0.29, 0.717) is 22.5 Å². The quantitative estimate of drug-likeness (QED) is 0.511. The molecule has 3 rings (SSSR count). The Morgan fingerprint density at radius 1 is 1.09 bits per heavy atom. The van der Waals surface area contributed by atoms with Gasteiger partial charge >= 0.3 is 5.69 Å². The highest BCUT2D eigenvalue weighted by atomic mass is 16.5. The normalized spacial score (nSPS) is 11.4. The summed E-state index contributed by atoms with van der Waals surface area (Å²) in [5, 5.41) is 2.75. The van der Waals surface area contributed by atoms with Crippen LogP contribution in [0, 0.1) is 0 Å². The van der Waals surface area contributed by atoms with Gasteiger partial charge in [0.2, 0.25) is 0 Å². The van der Waals surface area contributed by atoms with E-state index in [4.69, 9.17) is 4.74 Å². The summed E-state index contributed by atoms with van der Waals surface area (Å²) in [6, 6.07) is 14.2. The van der Waals surface area contributed by atoms with E-state index >= 15 is 0 Å². The Bertz CT molecular complexity index is 923. The van der Waals surface area contributed by atoms with Gasteiger partial charge in [0.25, 0.3) is 5.91 Å². The van der Waals surface area contributed by atoms with Crippen molar-refractivity contribution in [3.63, 3.8) is 0 Å². The van der Waals surface area contributed by atoms with E-state index < -0.39 is 0 Å². The first-order valence-electron chi connectivity index (χ1n) is 7.08. The number of amides is 1. The second kappa shape index (κ2) is 6.23. The van der Waals surface area contributed by atoms with Crippen LogP contribution in [0.4, 0.5) is 5.69 Å². The Morgan fingerprint density at radius 3 is 2.57 bits per heavy atom. The zero-order valence-corrected chi connectivity index (χ0v) is 12.4. The predicted octanol–water partition coefficient (Wildman–Crippen LogP) is 2.78. The fourth-order valence-electron chi connectivity index (χ4n) is 2.15. The van der Waals surface area contributed by atoms with E-state index in [1.54, 1.807) is 43.3 Å². The van der Waals surface area contributed by atoms with Crippen molar-refractivity contribution >= 4 is 22.6 Å². The van der Waals surface area contributed by atoms with Gasteiger partial charge in [-0.05, 0) is 43.3 Å². The Morgan fingerprint density at radius 2 is 1.83 bits per heavy atom. The fraction of sp³-hybridized carbons (Fsp3) is 0.0588. The molecule has 1 amide bonds. The molecule has 0 aliphatic carbocycles. The molecule has 3 N–H and O–H groups in total. The SMILES string of the molecule is C/C=C(/Oc1ccccc1)C(=O)Nc1ccc2[nH]c(=O)[nH]c2c1. The molecule has 0 aliphatic heterocycles. The van der Waals surface area contributed by atoms with Crippen molar-refractivity contribution in [3.05, 3.63) is 70.9 Å². The van der Waals surface area contributed by atoms with Crippen LogP contribution in [0.5, 0.6) is 5.75 Å². The lowest BCUT2D eigenvalue weighted by molar-refractivity contribution is -0.114. The Kier molecular flexibility index (Phi) is 3.97. The van der Waals surface area contributed by atoms with Gasteiger partial charge in [-0.1, -0.05) is 18.2 Å². The molecule has 1 aromatic heterocycles. The average molecular weight is 309 g/mol. The molecule has 0 saturated carbocycles. The fourth-order valence-corrected chi connectivity index (χ4v) is 2.15. The van der Waals surface area contributed by atoms with E-state index in [1.807, 2.05) is 18.2 Å². The van der Waals surface area contributed by atoms with Crippen LogP contribution in [-0.2, 0) is 4.79 Å². The molecule has 0 aliphatic rings. The lowest BCUT2D eigenvalue weighted by atomic mass is 10.2. The number of aromatic amines is 2. The highest BCUT2D eigenvalue weighted by Crippen LogP contribution is 2.17. The van der Waals surface area contributed by atoms with Crippen molar-refractivity contribution in [2.24, 2.45) is 0 Å². The monoisotopic (exact) mass is 309 g/mol. The number of para-hydroxylation sites is 1. The minimum atomic E-state index is -0.367. The zero-order valence-electron chi connectivity index (χ0n) is 12.4. The predicted molar refractivity (Wildman–Crippen MR) is 88.4 cm³/mol. The number of hydrogen-bond donors (Lipinski definition) is 3. The lowest BCUT2D eigenvalue weighted by Gasteiger charge is -2.10. The zero-order chi connectivity index (χ0) is 16.2. The van der Waals surface area contributed by atoms with Gasteiger partial charge in [0.05, 0.1) is 11.0 Å². The number of hydrogen-bond acceptors (Lipinski definition) is 3. The summed E-state index contributed by atoms with van der Waals surface area (Å²) in [4.78, 5) is 28.9. The van der Waals surface area contributed by atoms with Crippen molar-refractivity contribution in [1.29, 1.82) is 0 Å². The topological polar surface area (TPSA) is 87.0 Å². The van der Waals surface area contributed by atoms with Crippen molar-refractivity contribution in [2.45, 2.75) is 6.92 Å². The molecule has 6 heteroatoms. The number of ether oxygens (including phenoxy) is 1. The van der Waals surface area contributed by atoms with E-state index in [1.165, 1.54) is 0 Å². The number of allylic oxidation sites excluding steroid dienone is 1. The van der Waals surface area contributed by atoms with Crippen molar-refractivity contribution in [2.75, 3.05) is 5.32 Å². The molecule has 3 aromatic rings. The summed E-state index contributed by atoms with van der Waals surface area (Å²) in [7, 11) is 0. The lowest BCUT2D eigenvalue weighted by Crippen LogP contribution is -2.18. The summed E-state index contributed by atoms with van der Waals surface area (Å²) >= 11 is 0. The van der Waals surface area contributed by atoms with Crippen LogP contribution in [0.15, 0.2) is 65.2 Å². The molecule has 0 saturated heterocycles. The van der Waals surface area contributed by atoms with Gasteiger partial charge < -0.3 is 20.0 Å². The van der Waals surface area contributed by atoms with E-state index in [2.05, 4.69) is 15.3 Å². The molecule has 0 fully saturated rings. The second-order valence-corrected chi connectivity index (χ2v) is 4.86. The number of benzene rings is 2. The van der Waals surface area contributed by atoms with Crippen molar-refractivity contribution in [3.8, 4) is 5.75 Å². The van der Waals surface area contributed by atoms with Crippen LogP contribution in [0.25, 0.3) is 11.0 Å². The van der Waals surface area contributed by atoms with Crippen LogP contribution >= 0.6 is 0 Å². The average Bonchev–Trinajstić information content (AvgIpc) is 2.92. The standard InChI is InChI=1S/C17H15N3O3/c1-2-15(23-12-6-4-3-5-7-12)16(21)18-11-8-9-13-14(10-11)20-17(22)19-13/h2-10H,1H3,(H,18,21)(H2,19,20,22)/b15-2+. The highest BCUT2D eigenvalue weighted by Gasteiger charge is 2.12. The van der Waals surface area contributed by atoms with Crippen LogP contribution in [0.1, 0.15) is 6.92 Å². The maximum atomic E-state index is 12.3. The minimum Gasteiger partial charge on any atom is -0.452 e. The molecule has 0 bridgehead atoms. The van der Waals surface area contributed by atoms with Gasteiger partial charge in [-0.3, -0.25) is 4.79 Å². The van der Waals surface area contributed by atoms with Gasteiger partial charge in [-0.15, -0.1) is 0 Å². The molecule has 1 heterocycles. The smallest absolute Gasteiger partial charge is 0.323 e. The second-order valence-electron chi connectivity index (χ2n) is 4.86. The Labute approximate surface area is 131 Å². The van der Waals surface area contributed by atoms with Gasteiger partial charge in [-0.25, -0.2) is 4.79 Å². The third-order valence-corrected chi connectivity index (χ3v) is 3.23. The molecule has 0 unspecified atom stereocenters. The summed E-state index contributed by atoms with van der Waals surface area (Å²) in [5.74, 6) is 0.411. The minimum absolute atomic E-state index is 0.193. The Hall–Kier alpha value is -3.28. The molecule has 116 valence electrons. The molecule has 23 heavy (non-hydrogen) atoms. The van der Waals surface area contributed by atoms with Crippen LogP contribution in [0.3, 0.4) is 0 Å². The maximum Gasteiger partial charge on any atom is 0.323 e. The molecule has 0 spiro atoms. The maximum absolute atomic E-state index is 12.3. The first-order chi connectivity index (χ1) is 11.2. The van der Waals surface area contributed by atoms with Gasteiger partial charge in [-0.2, -0.15) is 0 Å². The number of aromatic nitrogens is 2. The number of carbonyl (C=O) groups is 1. The number of fused-ring (bicyclic) bond motifs is 1. The number of nitrogens with one attached hydrogen (secondary N) is 3. The number of H-pyrrole nitrogens is 2. The van der Waals surface area contributed by atoms with Crippen molar-refractivity contribution < 1.29 is 9.53 Å². The van der Waals surface area contributed by atoms with Gasteiger partial charge in [0.1, 0.15) is 5.75 Å². The number of rotatable bonds is 4. The van der Waals surface area contributed by atoms with Crippen LogP contribution in [-0.4, -0.2) is 15.9 Å². The number of carbonyl (C=O) groups excluding carboxylic acids is 1. The van der Waals surface area contributed by atoms with E-state index in [-0.39, 0.29) is 17.4 Å². The first kappa shape index (κ1) is 14.6. The van der Waals surface area contributed by atoms with Crippen molar-refractivity contribution in [1.82, 2.24) is 9.97 Å². The summed E-state index contributed by atoms with van der Waals surface area (Å²) in [6.07, 6.45) is 1.60. The molecule has 0 radical (unpaired) electrons. The number of anilines is 1. The van der Waals surface area contributed by atoms with Gasteiger partial charge in [0, 0.05) is 5.69 Å². The van der Waals surface area contributed by atoms with Gasteiger partial charge in [0.15, 0.2) is 5.76 Å². The van der Waals surface area contributed by atoms with E-state index in [0.717, 1.165) is 0 Å². The summed E-state index contributed by atoms with van der Waals surface area (Å²) < 4.78 is 5.57. The molecular weight excluding hydrogens is 294 g/mol. The van der Waals surface area contributed by atoms with Crippen LogP contribution < -0.4 is 15.7 Å². The number of imidazole rings is 1. The molecular formula is C17H15N3O3. The highest BCUT2D eigenvalue weighted by molar-refractivity contribution is 6.03. The van der Waals surface area contributed by atoms with Crippen LogP contribution in [0.2, 0.25) is 0 Å². The Balaban J connectivity index is 1.77. The summed E-state index contributed by atoms with van der Waals surface area (Å²) in [6.45, 7) is 1.73. The molecule has 6 nitrogen and oxygen atoms in total. The molecule has 0 atom stereocenters.